The van der Waals surface area contributed by atoms with Crippen LogP contribution >= 0.6 is 11.6 Å². The summed E-state index contributed by atoms with van der Waals surface area (Å²) in [5.74, 6) is -4.70. The van der Waals surface area contributed by atoms with Gasteiger partial charge in [0.05, 0.1) is 35.0 Å². The van der Waals surface area contributed by atoms with Gasteiger partial charge in [-0.1, -0.05) is 32.4 Å². The van der Waals surface area contributed by atoms with Gasteiger partial charge in [-0.25, -0.2) is 9.37 Å². The third kappa shape index (κ3) is 5.49. The second-order valence-corrected chi connectivity index (χ2v) is 17.6. The van der Waals surface area contributed by atoms with Crippen molar-refractivity contribution in [3.05, 3.63) is 80.8 Å². The third-order valence-electron chi connectivity index (χ3n) is 8.67. The van der Waals surface area contributed by atoms with Crippen molar-refractivity contribution >= 4 is 37.1 Å². The fourth-order valence-corrected chi connectivity index (χ4v) is 6.36. The molecule has 4 heterocycles. The van der Waals surface area contributed by atoms with Gasteiger partial charge in [0.2, 0.25) is 5.91 Å². The Hall–Kier alpha value is -3.55. The summed E-state index contributed by atoms with van der Waals surface area (Å²) in [5, 5.41) is 11.5. The molecule has 1 aromatic carbocycles. The first-order valence-electron chi connectivity index (χ1n) is 13.7. The first-order valence-corrected chi connectivity index (χ1v) is 17.0. The van der Waals surface area contributed by atoms with E-state index >= 15 is 13.2 Å². The molecule has 2 aliphatic rings. The number of carbonyl (C=O) groups excluding carboxylic acids is 1. The van der Waals surface area contributed by atoms with E-state index in [0.29, 0.717) is 5.69 Å². The highest BCUT2D eigenvalue weighted by Gasteiger charge is 2.57. The van der Waals surface area contributed by atoms with E-state index in [1.807, 2.05) is 0 Å². The first-order chi connectivity index (χ1) is 20.0. The van der Waals surface area contributed by atoms with Gasteiger partial charge < -0.3 is 14.3 Å². The van der Waals surface area contributed by atoms with Gasteiger partial charge in [-0.2, -0.15) is 8.78 Å². The Bertz CT molecular complexity index is 1640. The molecule has 1 N–H and O–H groups in total. The molecule has 0 radical (unpaired) electrons. The molecule has 2 atom stereocenters. The summed E-state index contributed by atoms with van der Waals surface area (Å²) in [4.78, 5) is 36.6. The van der Waals surface area contributed by atoms with Crippen LogP contribution in [0.2, 0.25) is 23.2 Å². The number of imidazole rings is 1. The van der Waals surface area contributed by atoms with Crippen LogP contribution in [0.3, 0.4) is 0 Å². The van der Waals surface area contributed by atoms with Gasteiger partial charge in [0.15, 0.2) is 14.1 Å². The maximum absolute atomic E-state index is 15.9. The highest BCUT2D eigenvalue weighted by Crippen LogP contribution is 2.51. The zero-order valence-electron chi connectivity index (χ0n) is 24.3. The van der Waals surface area contributed by atoms with E-state index in [9.17, 15) is 14.9 Å². The number of nitro benzene ring substituents is 1. The molecule has 1 unspecified atom stereocenters. The molecule has 2 aliphatic heterocycles. The van der Waals surface area contributed by atoms with E-state index in [1.165, 1.54) is 24.5 Å². The Balaban J connectivity index is 1.43. The highest BCUT2D eigenvalue weighted by atomic mass is 35.5. The van der Waals surface area contributed by atoms with Crippen molar-refractivity contribution in [1.82, 2.24) is 19.9 Å². The SMILES string of the molecule is CC(C)(C)[Si](C)(C)OCc1nccc(-c2cnc([C@@H]3CCC4N3C(=O)C=C(c3cc(Cl)ccc3[N+](=O)[O-])C4(F)F)[nH]2)c1F. The molecule has 5 rings (SSSR count). The largest absolute Gasteiger partial charge is 0.411 e. The number of amides is 1. The van der Waals surface area contributed by atoms with Gasteiger partial charge in [0.25, 0.3) is 11.6 Å². The number of carbonyl (C=O) groups is 1. The standard InChI is InChI=1S/C29H31ClF3N5O4Si/c1-28(2,3)43(4,5)42-15-21-26(31)17(10-11-34-21)20-14-35-27(36-20)23-8-9-24-29(32,33)19(13-25(39)37(23)24)18-12-16(30)6-7-22(18)38(40)41/h6-7,10-14,23-24H,8-9,15H2,1-5H3,(H,35,36)/t23-,24?/m0/s1. The predicted molar refractivity (Wildman–Crippen MR) is 157 cm³/mol. The molecule has 228 valence electrons. The minimum absolute atomic E-state index is 0.00170. The number of nitrogens with one attached hydrogen (secondary N) is 1. The number of benzene rings is 1. The van der Waals surface area contributed by atoms with Gasteiger partial charge in [-0.05, 0) is 49.2 Å². The van der Waals surface area contributed by atoms with E-state index in [2.05, 4.69) is 48.8 Å². The van der Waals surface area contributed by atoms with E-state index in [1.54, 1.807) is 0 Å². The quantitative estimate of drug-likeness (QED) is 0.164. The average molecular weight is 634 g/mol. The number of halogens is 4. The molecule has 43 heavy (non-hydrogen) atoms. The lowest BCUT2D eigenvalue weighted by molar-refractivity contribution is -0.385. The minimum atomic E-state index is -3.61. The lowest BCUT2D eigenvalue weighted by Crippen LogP contribution is -2.51. The van der Waals surface area contributed by atoms with E-state index in [-0.39, 0.29) is 46.6 Å². The molecule has 2 aromatic heterocycles. The molecule has 1 fully saturated rings. The smallest absolute Gasteiger partial charge is 0.294 e. The van der Waals surface area contributed by atoms with Gasteiger partial charge in [-0.15, -0.1) is 0 Å². The number of nitrogens with zero attached hydrogens (tertiary/aromatic N) is 4. The summed E-state index contributed by atoms with van der Waals surface area (Å²) >= 11 is 5.98. The van der Waals surface area contributed by atoms with Crippen LogP contribution in [0.25, 0.3) is 16.8 Å². The Morgan fingerprint density at radius 2 is 1.93 bits per heavy atom. The monoisotopic (exact) mass is 633 g/mol. The lowest BCUT2D eigenvalue weighted by atomic mass is 9.89. The number of hydrogen-bond donors (Lipinski definition) is 1. The number of aromatic amines is 1. The fourth-order valence-electron chi connectivity index (χ4n) is 5.26. The number of aromatic nitrogens is 3. The van der Waals surface area contributed by atoms with Crippen LogP contribution in [0.5, 0.6) is 0 Å². The lowest BCUT2D eigenvalue weighted by Gasteiger charge is -2.38. The van der Waals surface area contributed by atoms with Crippen molar-refractivity contribution < 1.29 is 27.3 Å². The Morgan fingerprint density at radius 1 is 1.21 bits per heavy atom. The van der Waals surface area contributed by atoms with Crippen molar-refractivity contribution in [3.63, 3.8) is 0 Å². The second-order valence-electron chi connectivity index (χ2n) is 12.3. The van der Waals surface area contributed by atoms with Crippen LogP contribution in [0.15, 0.2) is 42.7 Å². The normalized spacial score (nSPS) is 20.3. The molecule has 0 bridgehead atoms. The summed E-state index contributed by atoms with van der Waals surface area (Å²) < 4.78 is 53.6. The summed E-state index contributed by atoms with van der Waals surface area (Å²) in [6.07, 6.45) is 3.66. The van der Waals surface area contributed by atoms with Crippen molar-refractivity contribution in [2.24, 2.45) is 0 Å². The molecular weight excluding hydrogens is 603 g/mol. The Kier molecular flexibility index (Phi) is 7.80. The zero-order chi connectivity index (χ0) is 31.5. The maximum Gasteiger partial charge on any atom is 0.294 e. The number of pyridine rings is 1. The summed E-state index contributed by atoms with van der Waals surface area (Å²) in [6, 6.07) is 2.42. The highest BCUT2D eigenvalue weighted by molar-refractivity contribution is 6.74. The molecule has 1 amide bonds. The van der Waals surface area contributed by atoms with E-state index in [4.69, 9.17) is 16.0 Å². The maximum atomic E-state index is 15.9. The van der Waals surface area contributed by atoms with Gasteiger partial charge in [0, 0.05) is 34.5 Å². The molecule has 9 nitrogen and oxygen atoms in total. The summed E-state index contributed by atoms with van der Waals surface area (Å²) in [6.45, 7) is 10.4. The first kappa shape index (κ1) is 30.9. The van der Waals surface area contributed by atoms with Crippen LogP contribution in [-0.2, 0) is 15.8 Å². The van der Waals surface area contributed by atoms with Gasteiger partial charge in [-0.3, -0.25) is 19.9 Å². The molecule has 14 heteroatoms. The van der Waals surface area contributed by atoms with Crippen LogP contribution < -0.4 is 0 Å². The molecule has 0 spiro atoms. The molecule has 0 saturated carbocycles. The topological polar surface area (TPSA) is 114 Å². The molecule has 0 aliphatic carbocycles. The number of alkyl halides is 2. The van der Waals surface area contributed by atoms with Crippen LogP contribution in [0, 0.1) is 15.9 Å². The van der Waals surface area contributed by atoms with E-state index in [0.717, 1.165) is 23.1 Å². The molecular formula is C29H31ClF3N5O4Si. The average Bonchev–Trinajstić information content (AvgIpc) is 3.58. The zero-order valence-corrected chi connectivity index (χ0v) is 26.0. The molecule has 1 saturated heterocycles. The van der Waals surface area contributed by atoms with Crippen molar-refractivity contribution in [2.45, 2.75) is 76.4 Å². The predicted octanol–water partition coefficient (Wildman–Crippen LogP) is 7.46. The fraction of sp³-hybridized carbons (Fsp3) is 0.414. The number of fused-ring (bicyclic) bond motifs is 1. The third-order valence-corrected chi connectivity index (χ3v) is 13.4. The summed E-state index contributed by atoms with van der Waals surface area (Å²) in [7, 11) is -2.16. The number of rotatable bonds is 7. The van der Waals surface area contributed by atoms with Crippen molar-refractivity contribution in [3.8, 4) is 11.3 Å². The Morgan fingerprint density at radius 3 is 2.60 bits per heavy atom. The summed E-state index contributed by atoms with van der Waals surface area (Å²) in [5.41, 5.74) is -1.11. The van der Waals surface area contributed by atoms with Crippen LogP contribution in [0.1, 0.15) is 56.7 Å². The van der Waals surface area contributed by atoms with Crippen LogP contribution in [-0.4, -0.2) is 51.0 Å². The number of H-pyrrole nitrogens is 1. The van der Waals surface area contributed by atoms with Gasteiger partial charge in [0.1, 0.15) is 17.6 Å². The number of nitro groups is 1. The van der Waals surface area contributed by atoms with E-state index < -0.39 is 59.8 Å². The molecule has 3 aromatic rings. The van der Waals surface area contributed by atoms with Crippen LogP contribution in [0.4, 0.5) is 18.9 Å². The van der Waals surface area contributed by atoms with Crippen molar-refractivity contribution in [1.29, 1.82) is 0 Å². The van der Waals surface area contributed by atoms with Crippen molar-refractivity contribution in [2.75, 3.05) is 0 Å². The van der Waals surface area contributed by atoms with Gasteiger partial charge >= 0.3 is 0 Å². The Labute approximate surface area is 252 Å². The second kappa shape index (κ2) is 10.9. The minimum Gasteiger partial charge on any atom is -0.411 e. The number of hydrogen-bond acceptors (Lipinski definition) is 6.